The van der Waals surface area contributed by atoms with Gasteiger partial charge in [-0.25, -0.2) is 9.97 Å². The van der Waals surface area contributed by atoms with Crippen LogP contribution in [-0.4, -0.2) is 66.5 Å². The Bertz CT molecular complexity index is 1040. The zero-order valence-electron chi connectivity index (χ0n) is 17.3. The predicted octanol–water partition coefficient (Wildman–Crippen LogP) is 3.84. The number of phenolic OH excluding ortho intramolecular Hbond substituents is 1. The molecule has 2 N–H and O–H groups in total. The van der Waals surface area contributed by atoms with Crippen LogP contribution in [0.3, 0.4) is 0 Å². The van der Waals surface area contributed by atoms with Crippen LogP contribution in [0.5, 0.6) is 17.2 Å². The summed E-state index contributed by atoms with van der Waals surface area (Å²) in [4.78, 5) is 11.1. The van der Waals surface area contributed by atoms with Crippen molar-refractivity contribution in [3.05, 3.63) is 41.7 Å². The van der Waals surface area contributed by atoms with Crippen molar-refractivity contribution in [3.8, 4) is 17.2 Å². The Kier molecular flexibility index (Phi) is 6.91. The van der Waals surface area contributed by atoms with Crippen molar-refractivity contribution in [2.45, 2.75) is 6.42 Å². The summed E-state index contributed by atoms with van der Waals surface area (Å²) >= 11 is 6.19. The first-order valence-electron chi connectivity index (χ1n) is 10.2. The summed E-state index contributed by atoms with van der Waals surface area (Å²) in [5.41, 5.74) is 1.25. The molecule has 0 radical (unpaired) electrons. The third-order valence-electron chi connectivity index (χ3n) is 5.13. The molecule has 164 valence electrons. The summed E-state index contributed by atoms with van der Waals surface area (Å²) < 4.78 is 16.9. The van der Waals surface area contributed by atoms with Gasteiger partial charge >= 0.3 is 0 Å². The minimum atomic E-state index is -0.00428. The number of aromatic nitrogens is 2. The monoisotopic (exact) mass is 444 g/mol. The molecular weight excluding hydrogens is 420 g/mol. The number of morpholine rings is 1. The van der Waals surface area contributed by atoms with E-state index >= 15 is 0 Å². The van der Waals surface area contributed by atoms with E-state index in [0.29, 0.717) is 35.1 Å². The number of ether oxygens (including phenoxy) is 3. The molecular formula is C22H25ClN4O4. The summed E-state index contributed by atoms with van der Waals surface area (Å²) in [6, 6.07) is 8.68. The van der Waals surface area contributed by atoms with Crippen molar-refractivity contribution in [1.29, 1.82) is 0 Å². The number of fused-ring (bicyclic) bond motifs is 1. The van der Waals surface area contributed by atoms with Crippen molar-refractivity contribution >= 4 is 34.0 Å². The van der Waals surface area contributed by atoms with Gasteiger partial charge in [0.1, 0.15) is 22.9 Å². The lowest BCUT2D eigenvalue weighted by Crippen LogP contribution is -2.37. The number of methoxy groups -OCH3 is 1. The summed E-state index contributed by atoms with van der Waals surface area (Å²) in [6.07, 6.45) is 2.38. The average Bonchev–Trinajstić information content (AvgIpc) is 2.80. The quantitative estimate of drug-likeness (QED) is 0.506. The molecule has 8 nitrogen and oxygen atoms in total. The summed E-state index contributed by atoms with van der Waals surface area (Å²) in [5.74, 6) is 1.78. The minimum Gasteiger partial charge on any atom is -0.506 e. The molecule has 9 heteroatoms. The van der Waals surface area contributed by atoms with E-state index < -0.39 is 0 Å². The average molecular weight is 445 g/mol. The van der Waals surface area contributed by atoms with Crippen molar-refractivity contribution < 1.29 is 19.3 Å². The highest BCUT2D eigenvalue weighted by atomic mass is 35.5. The first-order valence-corrected chi connectivity index (χ1v) is 10.5. The summed E-state index contributed by atoms with van der Waals surface area (Å²) in [6.45, 7) is 5.07. The first kappa shape index (κ1) is 21.4. The minimum absolute atomic E-state index is 0.00428. The van der Waals surface area contributed by atoms with Crippen molar-refractivity contribution in [2.24, 2.45) is 0 Å². The van der Waals surface area contributed by atoms with Crippen molar-refractivity contribution in [3.63, 3.8) is 0 Å². The van der Waals surface area contributed by atoms with E-state index in [-0.39, 0.29) is 10.8 Å². The molecule has 31 heavy (non-hydrogen) atoms. The van der Waals surface area contributed by atoms with Gasteiger partial charge in [0, 0.05) is 31.1 Å². The van der Waals surface area contributed by atoms with Gasteiger partial charge in [0.15, 0.2) is 11.5 Å². The Morgan fingerprint density at radius 2 is 2.03 bits per heavy atom. The first-order chi connectivity index (χ1) is 15.2. The van der Waals surface area contributed by atoms with E-state index in [1.54, 1.807) is 19.2 Å². The second-order valence-electron chi connectivity index (χ2n) is 7.16. The Labute approximate surface area is 185 Å². The highest BCUT2D eigenvalue weighted by Crippen LogP contribution is 2.37. The maximum atomic E-state index is 9.85. The molecule has 0 unspecified atom stereocenters. The topological polar surface area (TPSA) is 89.0 Å². The number of phenols is 1. The SMILES string of the molecule is COc1cc2c(Nc3cccc(O)c3Cl)ncnc2cc1OCCCN1CCOCC1. The lowest BCUT2D eigenvalue weighted by molar-refractivity contribution is 0.0357. The second-order valence-corrected chi connectivity index (χ2v) is 7.54. The molecule has 0 atom stereocenters. The van der Waals surface area contributed by atoms with Gasteiger partial charge in [-0.2, -0.15) is 0 Å². The number of nitrogens with zero attached hydrogens (tertiary/aromatic N) is 3. The second kappa shape index (κ2) is 10.00. The molecule has 1 saturated heterocycles. The Balaban J connectivity index is 1.50. The van der Waals surface area contributed by atoms with Gasteiger partial charge in [-0.3, -0.25) is 4.90 Å². The van der Waals surface area contributed by atoms with Gasteiger partial charge < -0.3 is 24.6 Å². The van der Waals surface area contributed by atoms with Crippen LogP contribution in [0.1, 0.15) is 6.42 Å². The van der Waals surface area contributed by atoms with E-state index in [0.717, 1.165) is 44.7 Å². The van der Waals surface area contributed by atoms with Gasteiger partial charge in [0.2, 0.25) is 0 Å². The van der Waals surface area contributed by atoms with Gasteiger partial charge in [-0.05, 0) is 24.6 Å². The molecule has 0 aliphatic carbocycles. The molecule has 1 aliphatic heterocycles. The predicted molar refractivity (Wildman–Crippen MR) is 120 cm³/mol. The molecule has 2 aromatic carbocycles. The van der Waals surface area contributed by atoms with E-state index in [2.05, 4.69) is 20.2 Å². The molecule has 1 aromatic heterocycles. The molecule has 1 fully saturated rings. The number of nitrogens with one attached hydrogen (secondary N) is 1. The van der Waals surface area contributed by atoms with Crippen LogP contribution in [0.15, 0.2) is 36.7 Å². The lowest BCUT2D eigenvalue weighted by atomic mass is 10.2. The number of benzene rings is 2. The number of anilines is 2. The van der Waals surface area contributed by atoms with Crippen LogP contribution in [0.4, 0.5) is 11.5 Å². The molecule has 2 heterocycles. The van der Waals surface area contributed by atoms with Crippen LogP contribution in [-0.2, 0) is 4.74 Å². The van der Waals surface area contributed by atoms with Gasteiger partial charge in [-0.1, -0.05) is 17.7 Å². The van der Waals surface area contributed by atoms with Crippen LogP contribution < -0.4 is 14.8 Å². The molecule has 0 saturated carbocycles. The summed E-state index contributed by atoms with van der Waals surface area (Å²) in [7, 11) is 1.60. The van der Waals surface area contributed by atoms with Crippen molar-refractivity contribution in [2.75, 3.05) is 51.9 Å². The molecule has 0 bridgehead atoms. The van der Waals surface area contributed by atoms with E-state index in [1.165, 1.54) is 12.4 Å². The van der Waals surface area contributed by atoms with Crippen LogP contribution >= 0.6 is 11.6 Å². The van der Waals surface area contributed by atoms with E-state index in [4.69, 9.17) is 25.8 Å². The smallest absolute Gasteiger partial charge is 0.163 e. The third-order valence-corrected chi connectivity index (χ3v) is 5.53. The number of hydrogen-bond donors (Lipinski definition) is 2. The standard InChI is InChI=1S/C22H25ClN4O4/c1-29-19-12-15-17(13-20(19)31-9-3-6-27-7-10-30-11-8-27)24-14-25-22(15)26-16-4-2-5-18(28)21(16)23/h2,4-5,12-14,28H,3,6-11H2,1H3,(H,24,25,26). The number of hydrogen-bond acceptors (Lipinski definition) is 8. The zero-order chi connectivity index (χ0) is 21.6. The molecule has 1 aliphatic rings. The fraction of sp³-hybridized carbons (Fsp3) is 0.364. The van der Waals surface area contributed by atoms with Crippen LogP contribution in [0.25, 0.3) is 10.9 Å². The van der Waals surface area contributed by atoms with Crippen LogP contribution in [0.2, 0.25) is 5.02 Å². The van der Waals surface area contributed by atoms with Crippen molar-refractivity contribution in [1.82, 2.24) is 14.9 Å². The Hall–Kier alpha value is -2.81. The zero-order valence-corrected chi connectivity index (χ0v) is 18.1. The summed E-state index contributed by atoms with van der Waals surface area (Å²) in [5, 5.41) is 14.0. The van der Waals surface area contributed by atoms with Gasteiger partial charge in [0.25, 0.3) is 0 Å². The molecule has 4 rings (SSSR count). The maximum absolute atomic E-state index is 9.85. The van der Waals surface area contributed by atoms with E-state index in [1.807, 2.05) is 12.1 Å². The normalized spacial score (nSPS) is 14.5. The lowest BCUT2D eigenvalue weighted by Gasteiger charge is -2.26. The highest BCUT2D eigenvalue weighted by molar-refractivity contribution is 6.34. The highest BCUT2D eigenvalue weighted by Gasteiger charge is 2.14. The maximum Gasteiger partial charge on any atom is 0.163 e. The Morgan fingerprint density at radius 3 is 2.84 bits per heavy atom. The van der Waals surface area contributed by atoms with E-state index in [9.17, 15) is 5.11 Å². The van der Waals surface area contributed by atoms with Gasteiger partial charge in [-0.15, -0.1) is 0 Å². The van der Waals surface area contributed by atoms with Gasteiger partial charge in [0.05, 0.1) is 38.1 Å². The molecule has 0 amide bonds. The molecule has 3 aromatic rings. The third kappa shape index (κ3) is 5.10. The molecule has 0 spiro atoms. The Morgan fingerprint density at radius 1 is 1.19 bits per heavy atom. The number of rotatable bonds is 8. The fourth-order valence-corrected chi connectivity index (χ4v) is 3.65. The van der Waals surface area contributed by atoms with Crippen LogP contribution in [0, 0.1) is 0 Å². The fourth-order valence-electron chi connectivity index (χ4n) is 3.47. The number of halogens is 1. The largest absolute Gasteiger partial charge is 0.506 e. The number of aromatic hydroxyl groups is 1.